The molecule has 1 aliphatic rings. The van der Waals surface area contributed by atoms with Crippen LogP contribution in [0.2, 0.25) is 0 Å². The highest BCUT2D eigenvalue weighted by Crippen LogP contribution is 2.26. The normalized spacial score (nSPS) is 15.9. The van der Waals surface area contributed by atoms with Gasteiger partial charge in [-0.15, -0.1) is 5.10 Å². The third kappa shape index (κ3) is 4.46. The Balaban J connectivity index is 1.82. The molecule has 1 aromatic heterocycles. The van der Waals surface area contributed by atoms with Crippen LogP contribution in [-0.2, 0) is 6.54 Å². The Morgan fingerprint density at radius 1 is 1.26 bits per heavy atom. The smallest absolute Gasteiger partial charge is 0.150 e. The molecule has 0 spiro atoms. The number of aromatic nitrogens is 2. The highest BCUT2D eigenvalue weighted by molar-refractivity contribution is 5.36. The average molecular weight is 262 g/mol. The van der Waals surface area contributed by atoms with Crippen molar-refractivity contribution in [3.8, 4) is 0 Å². The number of anilines is 1. The largest absolute Gasteiger partial charge is 0.358 e. The Bertz CT molecular complexity index is 357. The number of nitrogens with one attached hydrogen (secondary N) is 1. The second kappa shape index (κ2) is 7.43. The monoisotopic (exact) mass is 262 g/mol. The lowest BCUT2D eigenvalue weighted by molar-refractivity contribution is 0.543. The van der Waals surface area contributed by atoms with E-state index in [0.29, 0.717) is 0 Å². The molecule has 0 unspecified atom stereocenters. The van der Waals surface area contributed by atoms with Crippen LogP contribution in [-0.4, -0.2) is 30.3 Å². The second-order valence-corrected chi connectivity index (χ2v) is 5.59. The molecule has 1 N–H and O–H groups in total. The van der Waals surface area contributed by atoms with Crippen LogP contribution in [0.1, 0.15) is 44.7 Å². The molecule has 0 saturated heterocycles. The summed E-state index contributed by atoms with van der Waals surface area (Å²) in [5.74, 6) is 1.84. The van der Waals surface area contributed by atoms with Gasteiger partial charge in [0.1, 0.15) is 0 Å². The topological polar surface area (TPSA) is 41.0 Å². The van der Waals surface area contributed by atoms with E-state index in [1.807, 2.05) is 0 Å². The van der Waals surface area contributed by atoms with Gasteiger partial charge in [-0.2, -0.15) is 5.10 Å². The first-order valence-corrected chi connectivity index (χ1v) is 7.54. The summed E-state index contributed by atoms with van der Waals surface area (Å²) in [6, 6.07) is 4.17. The fourth-order valence-corrected chi connectivity index (χ4v) is 2.72. The van der Waals surface area contributed by atoms with Crippen LogP contribution in [0.25, 0.3) is 0 Å². The molecule has 1 aromatic rings. The van der Waals surface area contributed by atoms with E-state index in [9.17, 15) is 0 Å². The summed E-state index contributed by atoms with van der Waals surface area (Å²) < 4.78 is 0. The highest BCUT2D eigenvalue weighted by Gasteiger charge is 2.17. The molecule has 1 aliphatic carbocycles. The molecule has 4 heteroatoms. The van der Waals surface area contributed by atoms with Gasteiger partial charge in [0.25, 0.3) is 0 Å². The zero-order chi connectivity index (χ0) is 13.5. The van der Waals surface area contributed by atoms with Gasteiger partial charge < -0.3 is 10.2 Å². The van der Waals surface area contributed by atoms with E-state index >= 15 is 0 Å². The van der Waals surface area contributed by atoms with E-state index < -0.39 is 0 Å². The van der Waals surface area contributed by atoms with E-state index in [-0.39, 0.29) is 0 Å². The number of rotatable bonds is 7. The van der Waals surface area contributed by atoms with Crippen LogP contribution in [0.3, 0.4) is 0 Å². The zero-order valence-electron chi connectivity index (χ0n) is 12.2. The van der Waals surface area contributed by atoms with Crippen LogP contribution < -0.4 is 10.2 Å². The maximum absolute atomic E-state index is 4.34. The van der Waals surface area contributed by atoms with Gasteiger partial charge in [0.15, 0.2) is 5.82 Å². The maximum atomic E-state index is 4.34. The minimum Gasteiger partial charge on any atom is -0.358 e. The minimum atomic E-state index is 0.813. The molecule has 0 aliphatic heterocycles. The Hall–Kier alpha value is -1.16. The van der Waals surface area contributed by atoms with Crippen molar-refractivity contribution in [3.63, 3.8) is 0 Å². The average Bonchev–Trinajstić information content (AvgIpc) is 2.93. The number of hydrogen-bond acceptors (Lipinski definition) is 4. The van der Waals surface area contributed by atoms with Gasteiger partial charge in [0, 0.05) is 20.1 Å². The van der Waals surface area contributed by atoms with Crippen LogP contribution in [0.4, 0.5) is 5.82 Å². The third-order valence-electron chi connectivity index (χ3n) is 3.84. The Kier molecular flexibility index (Phi) is 5.58. The van der Waals surface area contributed by atoms with Gasteiger partial charge in [-0.05, 0) is 43.9 Å². The summed E-state index contributed by atoms with van der Waals surface area (Å²) in [5.41, 5.74) is 1.02. The first kappa shape index (κ1) is 14.3. The molecule has 106 valence electrons. The van der Waals surface area contributed by atoms with Crippen molar-refractivity contribution in [2.75, 3.05) is 25.0 Å². The standard InChI is InChI=1S/C15H26N4/c1-3-10-16-11-14-8-9-15(18-17-14)19(2)12-13-6-4-5-7-13/h8-9,13,16H,3-7,10-12H2,1-2H3. The zero-order valence-corrected chi connectivity index (χ0v) is 12.2. The Morgan fingerprint density at radius 3 is 2.68 bits per heavy atom. The Morgan fingerprint density at radius 2 is 2.05 bits per heavy atom. The van der Waals surface area contributed by atoms with Crippen molar-refractivity contribution in [3.05, 3.63) is 17.8 Å². The second-order valence-electron chi connectivity index (χ2n) is 5.59. The van der Waals surface area contributed by atoms with E-state index in [2.05, 4.69) is 46.5 Å². The molecule has 0 radical (unpaired) electrons. The predicted octanol–water partition coefficient (Wildman–Crippen LogP) is 2.60. The summed E-state index contributed by atoms with van der Waals surface area (Å²) >= 11 is 0. The summed E-state index contributed by atoms with van der Waals surface area (Å²) in [6.45, 7) is 5.13. The summed E-state index contributed by atoms with van der Waals surface area (Å²) in [5, 5.41) is 12.0. The lowest BCUT2D eigenvalue weighted by Gasteiger charge is -2.21. The highest BCUT2D eigenvalue weighted by atomic mass is 15.2. The van der Waals surface area contributed by atoms with Crippen molar-refractivity contribution in [2.24, 2.45) is 5.92 Å². The van der Waals surface area contributed by atoms with E-state index in [4.69, 9.17) is 0 Å². The first-order valence-electron chi connectivity index (χ1n) is 7.54. The molecular weight excluding hydrogens is 236 g/mol. The Labute approximate surface area is 116 Å². The molecule has 0 atom stereocenters. The molecule has 1 fully saturated rings. The number of nitrogens with zero attached hydrogens (tertiary/aromatic N) is 3. The minimum absolute atomic E-state index is 0.813. The van der Waals surface area contributed by atoms with Crippen LogP contribution >= 0.6 is 0 Å². The first-order chi connectivity index (χ1) is 9.29. The summed E-state index contributed by atoms with van der Waals surface area (Å²) in [7, 11) is 2.12. The van der Waals surface area contributed by atoms with Crippen molar-refractivity contribution >= 4 is 5.82 Å². The maximum Gasteiger partial charge on any atom is 0.150 e. The van der Waals surface area contributed by atoms with Crippen LogP contribution in [0, 0.1) is 5.92 Å². The molecule has 2 rings (SSSR count). The summed E-state index contributed by atoms with van der Waals surface area (Å²) in [4.78, 5) is 2.24. The fourth-order valence-electron chi connectivity index (χ4n) is 2.72. The molecule has 0 amide bonds. The molecule has 0 aromatic carbocycles. The molecule has 1 saturated carbocycles. The SMILES string of the molecule is CCCNCc1ccc(N(C)CC2CCCC2)nn1. The third-order valence-corrected chi connectivity index (χ3v) is 3.84. The van der Waals surface area contributed by atoms with Crippen LogP contribution in [0.5, 0.6) is 0 Å². The molecule has 1 heterocycles. The van der Waals surface area contributed by atoms with Gasteiger partial charge in [-0.1, -0.05) is 19.8 Å². The molecular formula is C15H26N4. The van der Waals surface area contributed by atoms with Gasteiger partial charge >= 0.3 is 0 Å². The van der Waals surface area contributed by atoms with Crippen molar-refractivity contribution in [2.45, 2.75) is 45.6 Å². The molecule has 19 heavy (non-hydrogen) atoms. The van der Waals surface area contributed by atoms with Gasteiger partial charge in [0.05, 0.1) is 5.69 Å². The van der Waals surface area contributed by atoms with Gasteiger partial charge in [0.2, 0.25) is 0 Å². The van der Waals surface area contributed by atoms with Gasteiger partial charge in [-0.3, -0.25) is 0 Å². The van der Waals surface area contributed by atoms with E-state index in [0.717, 1.165) is 43.5 Å². The number of hydrogen-bond donors (Lipinski definition) is 1. The molecule has 0 bridgehead atoms. The van der Waals surface area contributed by atoms with E-state index in [1.165, 1.54) is 25.7 Å². The van der Waals surface area contributed by atoms with Crippen molar-refractivity contribution in [1.29, 1.82) is 0 Å². The van der Waals surface area contributed by atoms with Gasteiger partial charge in [-0.25, -0.2) is 0 Å². The van der Waals surface area contributed by atoms with Crippen molar-refractivity contribution < 1.29 is 0 Å². The lowest BCUT2D eigenvalue weighted by Crippen LogP contribution is -2.25. The van der Waals surface area contributed by atoms with E-state index in [1.54, 1.807) is 0 Å². The van der Waals surface area contributed by atoms with Crippen LogP contribution in [0.15, 0.2) is 12.1 Å². The van der Waals surface area contributed by atoms with Crippen molar-refractivity contribution in [1.82, 2.24) is 15.5 Å². The predicted molar refractivity (Wildman–Crippen MR) is 79.3 cm³/mol. The fraction of sp³-hybridized carbons (Fsp3) is 0.733. The lowest BCUT2D eigenvalue weighted by atomic mass is 10.1. The summed E-state index contributed by atoms with van der Waals surface area (Å²) in [6.07, 6.45) is 6.68. The molecule has 4 nitrogen and oxygen atoms in total. The quantitative estimate of drug-likeness (QED) is 0.767.